The largest absolute Gasteiger partial charge is 0.288 e. The summed E-state index contributed by atoms with van der Waals surface area (Å²) < 4.78 is 25.2. The smallest absolute Gasteiger partial charge is 0.215 e. The quantitative estimate of drug-likeness (QED) is 0.684. The molecule has 110 valence electrons. The average molecular weight is 328 g/mol. The van der Waals surface area contributed by atoms with Crippen LogP contribution in [0.25, 0.3) is 0 Å². The van der Waals surface area contributed by atoms with Gasteiger partial charge >= 0.3 is 0 Å². The maximum atomic E-state index is 12.5. The van der Waals surface area contributed by atoms with Gasteiger partial charge in [0, 0.05) is 5.56 Å². The maximum absolute atomic E-state index is 12.5. The second-order valence-electron chi connectivity index (χ2n) is 4.63. The minimum Gasteiger partial charge on any atom is -0.288 e. The fraction of sp³-hybridized carbons (Fsp3) is 0. The molecule has 0 radical (unpaired) electrons. The van der Waals surface area contributed by atoms with E-state index >= 15 is 0 Å². The molecule has 0 fully saturated rings. The summed E-state index contributed by atoms with van der Waals surface area (Å²) in [6.45, 7) is 0. The van der Waals surface area contributed by atoms with Crippen LogP contribution in [-0.4, -0.2) is 14.2 Å². The van der Waals surface area contributed by atoms with E-state index in [1.165, 1.54) is 6.07 Å². The Balaban J connectivity index is 1.97. The van der Waals surface area contributed by atoms with Crippen molar-refractivity contribution in [1.82, 2.24) is 0 Å². The first-order valence-electron chi connectivity index (χ1n) is 6.59. The molecule has 0 spiro atoms. The molecule has 2 aromatic carbocycles. The Kier molecular flexibility index (Phi) is 3.92. The van der Waals surface area contributed by atoms with E-state index in [0.29, 0.717) is 10.4 Å². The molecule has 0 N–H and O–H groups in total. The standard InChI is InChI=1S/C17H12O3S2/c18-17(13-7-3-1-4-8-13)15-11-12-16(21-15)22(19,20)14-9-5-2-6-10-14/h1-12H. The fourth-order valence-corrected chi connectivity index (χ4v) is 4.73. The van der Waals surface area contributed by atoms with Gasteiger partial charge in [0.15, 0.2) is 0 Å². The molecule has 22 heavy (non-hydrogen) atoms. The van der Waals surface area contributed by atoms with Crippen LogP contribution in [0.15, 0.2) is 81.9 Å². The van der Waals surface area contributed by atoms with Crippen molar-refractivity contribution in [2.75, 3.05) is 0 Å². The van der Waals surface area contributed by atoms with Crippen LogP contribution >= 0.6 is 11.3 Å². The van der Waals surface area contributed by atoms with Gasteiger partial charge in [-0.2, -0.15) is 0 Å². The average Bonchev–Trinajstić information content (AvgIpc) is 3.06. The molecule has 1 aromatic heterocycles. The molecule has 0 saturated carbocycles. The summed E-state index contributed by atoms with van der Waals surface area (Å²) in [6.07, 6.45) is 0. The van der Waals surface area contributed by atoms with Gasteiger partial charge in [-0.25, -0.2) is 8.42 Å². The molecule has 0 aliphatic carbocycles. The lowest BCUT2D eigenvalue weighted by molar-refractivity contribution is 0.104. The number of benzene rings is 2. The summed E-state index contributed by atoms with van der Waals surface area (Å²) in [5.41, 5.74) is 0.549. The number of hydrogen-bond acceptors (Lipinski definition) is 4. The summed E-state index contributed by atoms with van der Waals surface area (Å²) in [6, 6.07) is 20.1. The number of hydrogen-bond donors (Lipinski definition) is 0. The minimum atomic E-state index is -3.57. The van der Waals surface area contributed by atoms with Gasteiger partial charge in [-0.1, -0.05) is 48.5 Å². The fourth-order valence-electron chi connectivity index (χ4n) is 2.03. The summed E-state index contributed by atoms with van der Waals surface area (Å²) in [4.78, 5) is 13.0. The predicted octanol–water partition coefficient (Wildman–Crippen LogP) is 3.81. The van der Waals surface area contributed by atoms with E-state index in [9.17, 15) is 13.2 Å². The van der Waals surface area contributed by atoms with Gasteiger partial charge in [0.2, 0.25) is 15.6 Å². The van der Waals surface area contributed by atoms with E-state index < -0.39 is 9.84 Å². The van der Waals surface area contributed by atoms with Crippen LogP contribution in [0.4, 0.5) is 0 Å². The lowest BCUT2D eigenvalue weighted by Crippen LogP contribution is -1.99. The summed E-state index contributed by atoms with van der Waals surface area (Å²) in [7, 11) is -3.57. The van der Waals surface area contributed by atoms with Crippen molar-refractivity contribution in [2.45, 2.75) is 9.10 Å². The van der Waals surface area contributed by atoms with Gasteiger partial charge in [-0.3, -0.25) is 4.79 Å². The third kappa shape index (κ3) is 2.73. The van der Waals surface area contributed by atoms with Gasteiger partial charge < -0.3 is 0 Å². The highest BCUT2D eigenvalue weighted by Crippen LogP contribution is 2.28. The van der Waals surface area contributed by atoms with Gasteiger partial charge in [0.25, 0.3) is 0 Å². The summed E-state index contributed by atoms with van der Waals surface area (Å²) in [5, 5.41) is 0. The molecule has 0 aliphatic heterocycles. The van der Waals surface area contributed by atoms with Crippen LogP contribution in [0.3, 0.4) is 0 Å². The highest BCUT2D eigenvalue weighted by molar-refractivity contribution is 7.93. The molecule has 0 amide bonds. The number of carbonyl (C=O) groups excluding carboxylic acids is 1. The Morgan fingerprint density at radius 2 is 1.36 bits per heavy atom. The first-order chi connectivity index (χ1) is 10.6. The first-order valence-corrected chi connectivity index (χ1v) is 8.89. The molecule has 0 unspecified atom stereocenters. The van der Waals surface area contributed by atoms with Crippen molar-refractivity contribution in [1.29, 1.82) is 0 Å². The SMILES string of the molecule is O=C(c1ccccc1)c1ccc(S(=O)(=O)c2ccccc2)s1. The molecule has 1 heterocycles. The Labute approximate surface area is 132 Å². The lowest BCUT2D eigenvalue weighted by Gasteiger charge is -2.00. The van der Waals surface area contributed by atoms with Crippen LogP contribution in [0.5, 0.6) is 0 Å². The number of rotatable bonds is 4. The van der Waals surface area contributed by atoms with Crippen LogP contribution < -0.4 is 0 Å². The van der Waals surface area contributed by atoms with E-state index in [2.05, 4.69) is 0 Å². The molecular weight excluding hydrogens is 316 g/mol. The third-order valence-corrected chi connectivity index (χ3v) is 6.50. The second kappa shape index (κ2) is 5.87. The van der Waals surface area contributed by atoms with E-state index in [4.69, 9.17) is 0 Å². The molecule has 0 bridgehead atoms. The molecule has 3 nitrogen and oxygen atoms in total. The molecule has 0 atom stereocenters. The highest BCUT2D eigenvalue weighted by atomic mass is 32.2. The first kappa shape index (κ1) is 14.7. The predicted molar refractivity (Wildman–Crippen MR) is 86.1 cm³/mol. The van der Waals surface area contributed by atoms with Crippen molar-refractivity contribution in [2.24, 2.45) is 0 Å². The number of ketones is 1. The van der Waals surface area contributed by atoms with Crippen molar-refractivity contribution in [3.63, 3.8) is 0 Å². The number of carbonyl (C=O) groups is 1. The molecule has 0 aliphatic rings. The van der Waals surface area contributed by atoms with E-state index in [0.717, 1.165) is 11.3 Å². The summed E-state index contributed by atoms with van der Waals surface area (Å²) in [5.74, 6) is -0.167. The van der Waals surface area contributed by atoms with Crippen LogP contribution in [0.2, 0.25) is 0 Å². The van der Waals surface area contributed by atoms with E-state index in [-0.39, 0.29) is 14.9 Å². The maximum Gasteiger partial charge on any atom is 0.215 e. The number of sulfone groups is 1. The Hall–Kier alpha value is -2.24. The zero-order valence-corrected chi connectivity index (χ0v) is 13.1. The van der Waals surface area contributed by atoms with Gasteiger partial charge in [0.05, 0.1) is 9.77 Å². The van der Waals surface area contributed by atoms with Crippen molar-refractivity contribution >= 4 is 27.0 Å². The molecule has 3 aromatic rings. The Bertz CT molecular complexity index is 895. The molecular formula is C17H12O3S2. The third-order valence-electron chi connectivity index (χ3n) is 3.16. The van der Waals surface area contributed by atoms with E-state index in [1.807, 2.05) is 6.07 Å². The van der Waals surface area contributed by atoms with Gasteiger partial charge in [-0.05, 0) is 24.3 Å². The summed E-state index contributed by atoms with van der Waals surface area (Å²) >= 11 is 1.00. The lowest BCUT2D eigenvalue weighted by atomic mass is 10.1. The highest BCUT2D eigenvalue weighted by Gasteiger charge is 2.21. The van der Waals surface area contributed by atoms with Crippen LogP contribution in [0.1, 0.15) is 15.2 Å². The number of thiophene rings is 1. The zero-order chi connectivity index (χ0) is 15.6. The Morgan fingerprint density at radius 3 is 2.00 bits per heavy atom. The molecule has 0 saturated heterocycles. The topological polar surface area (TPSA) is 51.2 Å². The van der Waals surface area contributed by atoms with Crippen LogP contribution in [0, 0.1) is 0 Å². The normalized spacial score (nSPS) is 11.3. The monoisotopic (exact) mass is 328 g/mol. The minimum absolute atomic E-state index is 0.167. The van der Waals surface area contributed by atoms with Crippen molar-refractivity contribution in [3.05, 3.63) is 83.2 Å². The molecule has 3 rings (SSSR count). The second-order valence-corrected chi connectivity index (χ2v) is 7.89. The molecule has 5 heteroatoms. The zero-order valence-electron chi connectivity index (χ0n) is 11.5. The van der Waals surface area contributed by atoms with E-state index in [1.54, 1.807) is 60.7 Å². The van der Waals surface area contributed by atoms with Crippen molar-refractivity contribution in [3.8, 4) is 0 Å². The van der Waals surface area contributed by atoms with Gasteiger partial charge in [-0.15, -0.1) is 11.3 Å². The Morgan fingerprint density at radius 1 is 0.773 bits per heavy atom. The van der Waals surface area contributed by atoms with Gasteiger partial charge in [0.1, 0.15) is 4.21 Å². The van der Waals surface area contributed by atoms with Crippen molar-refractivity contribution < 1.29 is 13.2 Å². The van der Waals surface area contributed by atoms with Crippen LogP contribution in [-0.2, 0) is 9.84 Å².